The monoisotopic (exact) mass is 223 g/mol. The third-order valence-electron chi connectivity index (χ3n) is 4.46. The van der Waals surface area contributed by atoms with E-state index in [1.54, 1.807) is 0 Å². The predicted octanol–water partition coefficient (Wildman–Crippen LogP) is 2.87. The fourth-order valence-corrected chi connectivity index (χ4v) is 3.31. The summed E-state index contributed by atoms with van der Waals surface area (Å²) in [4.78, 5) is 14.2. The van der Waals surface area contributed by atoms with Crippen LogP contribution in [-0.4, -0.2) is 29.8 Å². The highest BCUT2D eigenvalue weighted by atomic mass is 16.1. The van der Waals surface area contributed by atoms with Gasteiger partial charge in [-0.25, -0.2) is 0 Å². The zero-order valence-corrected chi connectivity index (χ0v) is 10.7. The van der Waals surface area contributed by atoms with Crippen LogP contribution >= 0.6 is 0 Å². The van der Waals surface area contributed by atoms with Crippen LogP contribution in [0.15, 0.2) is 0 Å². The van der Waals surface area contributed by atoms with Crippen molar-refractivity contribution in [3.63, 3.8) is 0 Å². The molecule has 2 nitrogen and oxygen atoms in total. The number of carbonyl (C=O) groups is 1. The predicted molar refractivity (Wildman–Crippen MR) is 66.4 cm³/mol. The van der Waals surface area contributed by atoms with E-state index in [-0.39, 0.29) is 6.04 Å². The van der Waals surface area contributed by atoms with E-state index < -0.39 is 0 Å². The van der Waals surface area contributed by atoms with E-state index in [9.17, 15) is 4.79 Å². The van der Waals surface area contributed by atoms with Crippen molar-refractivity contribution in [2.75, 3.05) is 13.1 Å². The fraction of sp³-hybridized carbons (Fsp3) is 0.929. The van der Waals surface area contributed by atoms with Gasteiger partial charge >= 0.3 is 0 Å². The summed E-state index contributed by atoms with van der Waals surface area (Å²) >= 11 is 0. The van der Waals surface area contributed by atoms with Gasteiger partial charge in [0.05, 0.1) is 6.04 Å². The van der Waals surface area contributed by atoms with Crippen LogP contribution < -0.4 is 0 Å². The molecule has 2 atom stereocenters. The van der Waals surface area contributed by atoms with Crippen molar-refractivity contribution in [3.05, 3.63) is 0 Å². The van der Waals surface area contributed by atoms with Gasteiger partial charge in [0, 0.05) is 6.42 Å². The largest absolute Gasteiger partial charge is 0.298 e. The van der Waals surface area contributed by atoms with E-state index in [0.29, 0.717) is 5.78 Å². The average molecular weight is 223 g/mol. The summed E-state index contributed by atoms with van der Waals surface area (Å²) in [6.07, 6.45) is 7.00. The van der Waals surface area contributed by atoms with Crippen molar-refractivity contribution in [1.82, 2.24) is 4.90 Å². The van der Waals surface area contributed by atoms with Gasteiger partial charge in [-0.15, -0.1) is 0 Å². The van der Waals surface area contributed by atoms with Crippen LogP contribution in [0.2, 0.25) is 0 Å². The summed E-state index contributed by atoms with van der Waals surface area (Å²) in [6.45, 7) is 6.97. The minimum atomic E-state index is 0.283. The Morgan fingerprint density at radius 1 is 1.12 bits per heavy atom. The zero-order valence-electron chi connectivity index (χ0n) is 10.7. The van der Waals surface area contributed by atoms with E-state index in [1.165, 1.54) is 19.3 Å². The summed E-state index contributed by atoms with van der Waals surface area (Å²) < 4.78 is 0. The second-order valence-corrected chi connectivity index (χ2v) is 5.85. The maximum absolute atomic E-state index is 11.8. The van der Waals surface area contributed by atoms with Gasteiger partial charge in [-0.2, -0.15) is 0 Å². The van der Waals surface area contributed by atoms with Gasteiger partial charge < -0.3 is 0 Å². The van der Waals surface area contributed by atoms with Crippen LogP contribution in [-0.2, 0) is 4.79 Å². The fourth-order valence-electron chi connectivity index (χ4n) is 3.31. The molecule has 1 aliphatic carbocycles. The Morgan fingerprint density at radius 3 is 2.56 bits per heavy atom. The van der Waals surface area contributed by atoms with E-state index in [0.717, 1.165) is 44.2 Å². The SMILES string of the molecule is CC(C)C1CCCN(C2CCCC2=O)CC1. The molecule has 1 saturated carbocycles. The first-order valence-electron chi connectivity index (χ1n) is 6.95. The topological polar surface area (TPSA) is 20.3 Å². The molecule has 0 bridgehead atoms. The zero-order chi connectivity index (χ0) is 11.5. The summed E-state index contributed by atoms with van der Waals surface area (Å²) in [5.74, 6) is 2.18. The van der Waals surface area contributed by atoms with Crippen LogP contribution in [0.5, 0.6) is 0 Å². The Kier molecular flexibility index (Phi) is 4.01. The Balaban J connectivity index is 1.90. The minimum Gasteiger partial charge on any atom is -0.298 e. The van der Waals surface area contributed by atoms with E-state index >= 15 is 0 Å². The third kappa shape index (κ3) is 2.65. The van der Waals surface area contributed by atoms with Gasteiger partial charge in [0.25, 0.3) is 0 Å². The van der Waals surface area contributed by atoms with Gasteiger partial charge in [-0.1, -0.05) is 13.8 Å². The lowest BCUT2D eigenvalue weighted by Crippen LogP contribution is -2.38. The lowest BCUT2D eigenvalue weighted by molar-refractivity contribution is -0.121. The van der Waals surface area contributed by atoms with Gasteiger partial charge in [-0.3, -0.25) is 9.69 Å². The molecular formula is C14H25NO. The molecule has 92 valence electrons. The first kappa shape index (κ1) is 12.1. The van der Waals surface area contributed by atoms with Gasteiger partial charge in [0.2, 0.25) is 0 Å². The molecule has 0 N–H and O–H groups in total. The van der Waals surface area contributed by atoms with Crippen LogP contribution in [0.25, 0.3) is 0 Å². The molecule has 0 aromatic heterocycles. The van der Waals surface area contributed by atoms with Crippen molar-refractivity contribution in [2.24, 2.45) is 11.8 Å². The third-order valence-corrected chi connectivity index (χ3v) is 4.46. The smallest absolute Gasteiger partial charge is 0.149 e. The van der Waals surface area contributed by atoms with Gasteiger partial charge in [-0.05, 0) is 57.0 Å². The number of ketones is 1. The highest BCUT2D eigenvalue weighted by Gasteiger charge is 2.31. The molecule has 1 aliphatic heterocycles. The molecule has 2 rings (SSSR count). The molecule has 2 fully saturated rings. The quantitative estimate of drug-likeness (QED) is 0.717. The number of nitrogens with zero attached hydrogens (tertiary/aromatic N) is 1. The van der Waals surface area contributed by atoms with Crippen LogP contribution in [0.3, 0.4) is 0 Å². The number of likely N-dealkylation sites (tertiary alicyclic amines) is 1. The summed E-state index contributed by atoms with van der Waals surface area (Å²) in [5.41, 5.74) is 0. The standard InChI is InChI=1S/C14H25NO/c1-11(2)12-5-4-9-15(10-8-12)13-6-3-7-14(13)16/h11-13H,3-10H2,1-2H3. The van der Waals surface area contributed by atoms with Crippen molar-refractivity contribution < 1.29 is 4.79 Å². The van der Waals surface area contributed by atoms with Gasteiger partial charge in [0.15, 0.2) is 0 Å². The molecular weight excluding hydrogens is 198 g/mol. The maximum atomic E-state index is 11.8. The minimum absolute atomic E-state index is 0.283. The second kappa shape index (κ2) is 5.31. The summed E-state index contributed by atoms with van der Waals surface area (Å²) in [5, 5.41) is 0. The van der Waals surface area contributed by atoms with Gasteiger partial charge in [0.1, 0.15) is 5.78 Å². The Morgan fingerprint density at radius 2 is 1.94 bits per heavy atom. The number of carbonyl (C=O) groups excluding carboxylic acids is 1. The lowest BCUT2D eigenvalue weighted by Gasteiger charge is -2.26. The highest BCUT2D eigenvalue weighted by Crippen LogP contribution is 2.28. The Hall–Kier alpha value is -0.370. The summed E-state index contributed by atoms with van der Waals surface area (Å²) in [6, 6.07) is 0.283. The second-order valence-electron chi connectivity index (χ2n) is 5.85. The first-order valence-corrected chi connectivity index (χ1v) is 6.95. The Labute approximate surface area is 99.4 Å². The van der Waals surface area contributed by atoms with Crippen LogP contribution in [0.4, 0.5) is 0 Å². The molecule has 1 heterocycles. The van der Waals surface area contributed by atoms with Crippen molar-refractivity contribution in [2.45, 2.75) is 58.4 Å². The van der Waals surface area contributed by atoms with Crippen molar-refractivity contribution in [1.29, 1.82) is 0 Å². The molecule has 2 unspecified atom stereocenters. The molecule has 0 aromatic rings. The van der Waals surface area contributed by atoms with Crippen LogP contribution in [0.1, 0.15) is 52.4 Å². The highest BCUT2D eigenvalue weighted by molar-refractivity contribution is 5.85. The number of Topliss-reactive ketones (excluding diaryl/α,β-unsaturated/α-hetero) is 1. The number of hydrogen-bond acceptors (Lipinski definition) is 2. The molecule has 0 radical (unpaired) electrons. The summed E-state index contributed by atoms with van der Waals surface area (Å²) in [7, 11) is 0. The van der Waals surface area contributed by atoms with Crippen molar-refractivity contribution in [3.8, 4) is 0 Å². The molecule has 2 heteroatoms. The van der Waals surface area contributed by atoms with Crippen LogP contribution in [0, 0.1) is 11.8 Å². The van der Waals surface area contributed by atoms with E-state index in [4.69, 9.17) is 0 Å². The number of rotatable bonds is 2. The lowest BCUT2D eigenvalue weighted by atomic mass is 9.89. The van der Waals surface area contributed by atoms with Crippen molar-refractivity contribution >= 4 is 5.78 Å². The molecule has 0 amide bonds. The maximum Gasteiger partial charge on any atom is 0.149 e. The molecule has 0 aromatic carbocycles. The normalized spacial score (nSPS) is 33.3. The first-order chi connectivity index (χ1) is 7.68. The van der Waals surface area contributed by atoms with E-state index in [2.05, 4.69) is 18.7 Å². The molecule has 0 spiro atoms. The number of hydrogen-bond donors (Lipinski definition) is 0. The molecule has 16 heavy (non-hydrogen) atoms. The average Bonchev–Trinajstić information content (AvgIpc) is 2.54. The Bertz CT molecular complexity index is 249. The molecule has 2 aliphatic rings. The molecule has 1 saturated heterocycles. The van der Waals surface area contributed by atoms with E-state index in [1.807, 2.05) is 0 Å².